The maximum atomic E-state index is 12.7. The molecule has 21 heavy (non-hydrogen) atoms. The fraction of sp³-hybridized carbons (Fsp3) is 0.600. The van der Waals surface area contributed by atoms with E-state index in [1.54, 1.807) is 0 Å². The summed E-state index contributed by atoms with van der Waals surface area (Å²) in [5.74, 6) is 1.38. The van der Waals surface area contributed by atoms with Crippen LogP contribution in [-0.2, 0) is 4.79 Å². The molecule has 1 aromatic heterocycles. The minimum Gasteiger partial charge on any atom is -0.342 e. The van der Waals surface area contributed by atoms with E-state index >= 15 is 0 Å². The number of hydrogen-bond donors (Lipinski definition) is 0. The Labute approximate surface area is 133 Å². The van der Waals surface area contributed by atoms with E-state index < -0.39 is 0 Å². The molecule has 114 valence electrons. The average molecular weight is 324 g/mol. The van der Waals surface area contributed by atoms with Crippen LogP contribution in [0.1, 0.15) is 35.9 Å². The highest BCUT2D eigenvalue weighted by Crippen LogP contribution is 2.44. The van der Waals surface area contributed by atoms with Gasteiger partial charge in [0, 0.05) is 31.8 Å². The summed E-state index contributed by atoms with van der Waals surface area (Å²) >= 11 is 3.40. The Morgan fingerprint density at radius 1 is 1.29 bits per heavy atom. The fourth-order valence-electron chi connectivity index (χ4n) is 3.17. The van der Waals surface area contributed by atoms with Crippen molar-refractivity contribution < 1.29 is 9.59 Å². The third-order valence-electron chi connectivity index (χ3n) is 4.35. The molecule has 2 amide bonds. The molecule has 6 heteroatoms. The van der Waals surface area contributed by atoms with E-state index in [1.165, 1.54) is 11.3 Å². The summed E-state index contributed by atoms with van der Waals surface area (Å²) in [5.41, 5.74) is 0. The molecule has 1 aromatic rings. The number of carbonyl (C=O) groups is 2. The lowest BCUT2D eigenvalue weighted by molar-refractivity contribution is -0.132. The van der Waals surface area contributed by atoms with Crippen LogP contribution in [0.4, 0.5) is 0 Å². The van der Waals surface area contributed by atoms with E-state index in [9.17, 15) is 9.59 Å². The second kappa shape index (κ2) is 6.01. The van der Waals surface area contributed by atoms with E-state index in [-0.39, 0.29) is 16.7 Å². The monoisotopic (exact) mass is 324 g/mol. The van der Waals surface area contributed by atoms with Gasteiger partial charge in [-0.05, 0) is 24.3 Å². The highest BCUT2D eigenvalue weighted by Gasteiger charge is 2.47. The van der Waals surface area contributed by atoms with E-state index in [0.29, 0.717) is 6.42 Å². The fourth-order valence-corrected chi connectivity index (χ4v) is 5.30. The SMILES string of the molecule is CCC(=O)N1CCC2(CC1)SCCN2C(=O)c1cccs1. The van der Waals surface area contributed by atoms with Crippen molar-refractivity contribution in [2.75, 3.05) is 25.4 Å². The number of rotatable bonds is 2. The van der Waals surface area contributed by atoms with Gasteiger partial charge in [-0.1, -0.05) is 13.0 Å². The molecular formula is C15H20N2O2S2. The van der Waals surface area contributed by atoms with E-state index in [0.717, 1.165) is 43.1 Å². The second-order valence-electron chi connectivity index (χ2n) is 5.46. The quantitative estimate of drug-likeness (QED) is 0.840. The summed E-state index contributed by atoms with van der Waals surface area (Å²) in [6.45, 7) is 4.27. The molecule has 0 atom stereocenters. The van der Waals surface area contributed by atoms with Crippen molar-refractivity contribution in [2.24, 2.45) is 0 Å². The molecule has 3 rings (SSSR count). The number of nitrogens with zero attached hydrogens (tertiary/aromatic N) is 2. The van der Waals surface area contributed by atoms with Crippen molar-refractivity contribution >= 4 is 34.9 Å². The first-order valence-corrected chi connectivity index (χ1v) is 9.30. The van der Waals surface area contributed by atoms with Gasteiger partial charge in [-0.2, -0.15) is 0 Å². The molecule has 0 radical (unpaired) electrons. The molecule has 0 bridgehead atoms. The molecule has 0 saturated carbocycles. The molecule has 0 aliphatic carbocycles. The molecule has 1 spiro atoms. The molecule has 0 aromatic carbocycles. The normalized spacial score (nSPS) is 21.0. The number of hydrogen-bond acceptors (Lipinski definition) is 4. The summed E-state index contributed by atoms with van der Waals surface area (Å²) in [5, 5.41) is 1.95. The first kappa shape index (κ1) is 14.9. The predicted molar refractivity (Wildman–Crippen MR) is 86.6 cm³/mol. The molecule has 2 saturated heterocycles. The zero-order chi connectivity index (χ0) is 14.9. The molecule has 2 aliphatic rings. The van der Waals surface area contributed by atoms with Crippen LogP contribution in [0, 0.1) is 0 Å². The van der Waals surface area contributed by atoms with E-state index in [4.69, 9.17) is 0 Å². The van der Waals surface area contributed by atoms with E-state index in [1.807, 2.05) is 41.1 Å². The lowest BCUT2D eigenvalue weighted by atomic mass is 10.0. The molecule has 0 unspecified atom stereocenters. The standard InChI is InChI=1S/C15H20N2O2S2/c1-2-13(18)16-7-5-15(6-8-16)17(9-11-21-15)14(19)12-4-3-10-20-12/h3-4,10H,2,5-9,11H2,1H3. The minimum absolute atomic E-state index is 0.0917. The van der Waals surface area contributed by atoms with Gasteiger partial charge in [0.15, 0.2) is 0 Å². The van der Waals surface area contributed by atoms with Gasteiger partial charge >= 0.3 is 0 Å². The van der Waals surface area contributed by atoms with Gasteiger partial charge in [0.1, 0.15) is 0 Å². The van der Waals surface area contributed by atoms with Crippen molar-refractivity contribution in [3.05, 3.63) is 22.4 Å². The van der Waals surface area contributed by atoms with Crippen molar-refractivity contribution in [3.8, 4) is 0 Å². The molecule has 4 nitrogen and oxygen atoms in total. The first-order valence-electron chi connectivity index (χ1n) is 7.43. The van der Waals surface area contributed by atoms with Gasteiger partial charge in [-0.25, -0.2) is 0 Å². The zero-order valence-corrected chi connectivity index (χ0v) is 13.8. The zero-order valence-electron chi connectivity index (χ0n) is 12.2. The first-order chi connectivity index (χ1) is 10.2. The van der Waals surface area contributed by atoms with Crippen LogP contribution in [-0.4, -0.2) is 51.9 Å². The van der Waals surface area contributed by atoms with Gasteiger partial charge in [0.2, 0.25) is 5.91 Å². The molecule has 2 fully saturated rings. The number of likely N-dealkylation sites (tertiary alicyclic amines) is 1. The van der Waals surface area contributed by atoms with Crippen LogP contribution >= 0.6 is 23.1 Å². The van der Waals surface area contributed by atoms with Gasteiger partial charge in [0.25, 0.3) is 5.91 Å². The highest BCUT2D eigenvalue weighted by atomic mass is 32.2. The Kier molecular flexibility index (Phi) is 4.26. The Morgan fingerprint density at radius 3 is 2.67 bits per heavy atom. The lowest BCUT2D eigenvalue weighted by Gasteiger charge is -2.44. The number of thioether (sulfide) groups is 1. The van der Waals surface area contributed by atoms with Gasteiger partial charge in [-0.3, -0.25) is 9.59 Å². The van der Waals surface area contributed by atoms with E-state index in [2.05, 4.69) is 4.90 Å². The third kappa shape index (κ3) is 2.71. The van der Waals surface area contributed by atoms with Crippen LogP contribution in [0.3, 0.4) is 0 Å². The summed E-state index contributed by atoms with van der Waals surface area (Å²) in [4.78, 5) is 29.2. The van der Waals surface area contributed by atoms with Crippen molar-refractivity contribution in [2.45, 2.75) is 31.1 Å². The van der Waals surface area contributed by atoms with Crippen LogP contribution in [0.25, 0.3) is 0 Å². The summed E-state index contributed by atoms with van der Waals surface area (Å²) < 4.78 is 0. The largest absolute Gasteiger partial charge is 0.342 e. The maximum absolute atomic E-state index is 12.7. The number of amides is 2. The molecular weight excluding hydrogens is 304 g/mol. The molecule has 3 heterocycles. The lowest BCUT2D eigenvalue weighted by Crippen LogP contribution is -2.53. The topological polar surface area (TPSA) is 40.6 Å². The Bertz CT molecular complexity index is 522. The summed E-state index contributed by atoms with van der Waals surface area (Å²) in [6, 6.07) is 3.83. The van der Waals surface area contributed by atoms with Gasteiger partial charge in [-0.15, -0.1) is 23.1 Å². The second-order valence-corrected chi connectivity index (χ2v) is 7.87. The molecule has 0 N–H and O–H groups in total. The maximum Gasteiger partial charge on any atom is 0.265 e. The van der Waals surface area contributed by atoms with Crippen LogP contribution < -0.4 is 0 Å². The Balaban J connectivity index is 1.73. The third-order valence-corrected chi connectivity index (χ3v) is 6.77. The Hall–Kier alpha value is -1.01. The van der Waals surface area contributed by atoms with Crippen LogP contribution in [0.15, 0.2) is 17.5 Å². The highest BCUT2D eigenvalue weighted by molar-refractivity contribution is 8.00. The number of thiophene rings is 1. The number of piperidine rings is 1. The van der Waals surface area contributed by atoms with Crippen molar-refractivity contribution in [3.63, 3.8) is 0 Å². The van der Waals surface area contributed by atoms with Crippen molar-refractivity contribution in [1.82, 2.24) is 9.80 Å². The summed E-state index contributed by atoms with van der Waals surface area (Å²) in [7, 11) is 0. The molecule has 2 aliphatic heterocycles. The van der Waals surface area contributed by atoms with Gasteiger partial charge < -0.3 is 9.80 Å². The van der Waals surface area contributed by atoms with Crippen LogP contribution in [0.5, 0.6) is 0 Å². The Morgan fingerprint density at radius 2 is 2.05 bits per heavy atom. The minimum atomic E-state index is -0.0917. The van der Waals surface area contributed by atoms with Crippen LogP contribution in [0.2, 0.25) is 0 Å². The van der Waals surface area contributed by atoms with Gasteiger partial charge in [0.05, 0.1) is 9.75 Å². The summed E-state index contributed by atoms with van der Waals surface area (Å²) in [6.07, 6.45) is 2.35. The average Bonchev–Trinajstić information content (AvgIpc) is 3.17. The predicted octanol–water partition coefficient (Wildman–Crippen LogP) is 2.67. The van der Waals surface area contributed by atoms with Crippen molar-refractivity contribution in [1.29, 1.82) is 0 Å². The number of carbonyl (C=O) groups excluding carboxylic acids is 2. The smallest absolute Gasteiger partial charge is 0.265 e.